The van der Waals surface area contributed by atoms with Gasteiger partial charge in [-0.05, 0) is 26.0 Å². The van der Waals surface area contributed by atoms with Crippen LogP contribution in [0, 0.1) is 6.57 Å². The molecule has 1 heterocycles. The van der Waals surface area contributed by atoms with Gasteiger partial charge in [0.25, 0.3) is 0 Å². The Balaban J connectivity index is 2.33. The minimum absolute atomic E-state index is 0.234. The maximum absolute atomic E-state index is 6.81. The van der Waals surface area contributed by atoms with Gasteiger partial charge in [-0.15, -0.1) is 0 Å². The molecule has 98 valence electrons. The summed E-state index contributed by atoms with van der Waals surface area (Å²) in [5, 5.41) is 0. The lowest BCUT2D eigenvalue weighted by Gasteiger charge is -2.16. The smallest absolute Gasteiger partial charge is 0.210 e. The van der Waals surface area contributed by atoms with Crippen LogP contribution in [0.1, 0.15) is 20.3 Å². The molecule has 0 aliphatic carbocycles. The number of nitrogens with zero attached hydrogens (tertiary/aromatic N) is 2. The van der Waals surface area contributed by atoms with Gasteiger partial charge >= 0.3 is 0 Å². The minimum Gasteiger partial charge on any atom is -0.478 e. The van der Waals surface area contributed by atoms with Crippen molar-refractivity contribution in [2.45, 2.75) is 26.6 Å². The van der Waals surface area contributed by atoms with Crippen LogP contribution in [0.4, 0.5) is 5.69 Å². The van der Waals surface area contributed by atoms with Gasteiger partial charge in [-0.3, -0.25) is 0 Å². The van der Waals surface area contributed by atoms with Crippen LogP contribution in [0.2, 0.25) is 0 Å². The number of pyridine rings is 1. The van der Waals surface area contributed by atoms with Crippen LogP contribution in [-0.4, -0.2) is 31.1 Å². The Labute approximate surface area is 108 Å². The molecule has 0 aliphatic rings. The summed E-state index contributed by atoms with van der Waals surface area (Å²) in [6.45, 7) is 12.4. The lowest BCUT2D eigenvalue weighted by Crippen LogP contribution is -2.20. The van der Waals surface area contributed by atoms with Gasteiger partial charge in [0.2, 0.25) is 11.6 Å². The van der Waals surface area contributed by atoms with Gasteiger partial charge in [0.15, 0.2) is 6.29 Å². The zero-order valence-electron chi connectivity index (χ0n) is 10.8. The van der Waals surface area contributed by atoms with Crippen molar-refractivity contribution in [1.82, 2.24) is 4.98 Å². The summed E-state index contributed by atoms with van der Waals surface area (Å²) in [4.78, 5) is 7.28. The van der Waals surface area contributed by atoms with Gasteiger partial charge < -0.3 is 14.2 Å². The third kappa shape index (κ3) is 5.13. The fourth-order valence-electron chi connectivity index (χ4n) is 1.37. The Hall–Kier alpha value is -1.64. The van der Waals surface area contributed by atoms with E-state index in [2.05, 4.69) is 9.83 Å². The highest BCUT2D eigenvalue weighted by Crippen LogP contribution is 2.14. The average molecular weight is 250 g/mol. The fraction of sp³-hybridized carbons (Fsp3) is 0.538. The standard InChI is InChI=1S/C13H18N2O3/c1-4-16-13(17-5-2)8-9-18-12-7-6-11(14-3)10-15-12/h6-7,10,13H,4-5,8-9H2,1-2H3. The van der Waals surface area contributed by atoms with Gasteiger partial charge in [-0.25, -0.2) is 9.83 Å². The van der Waals surface area contributed by atoms with E-state index in [1.54, 1.807) is 12.1 Å². The molecule has 18 heavy (non-hydrogen) atoms. The molecular weight excluding hydrogens is 232 g/mol. The molecule has 1 rings (SSSR count). The second-order valence-electron chi connectivity index (χ2n) is 3.44. The van der Waals surface area contributed by atoms with E-state index in [9.17, 15) is 0 Å². The molecule has 0 spiro atoms. The number of hydrogen-bond acceptors (Lipinski definition) is 4. The molecule has 0 aromatic carbocycles. The van der Waals surface area contributed by atoms with Gasteiger partial charge in [-0.1, -0.05) is 0 Å². The summed E-state index contributed by atoms with van der Waals surface area (Å²) in [6.07, 6.45) is 1.90. The molecule has 0 unspecified atom stereocenters. The number of rotatable bonds is 8. The zero-order chi connectivity index (χ0) is 13.2. The van der Waals surface area contributed by atoms with Crippen LogP contribution in [-0.2, 0) is 9.47 Å². The van der Waals surface area contributed by atoms with Crippen molar-refractivity contribution in [3.63, 3.8) is 0 Å². The second kappa shape index (κ2) is 8.45. The van der Waals surface area contributed by atoms with E-state index < -0.39 is 0 Å². The van der Waals surface area contributed by atoms with Crippen LogP contribution in [0.25, 0.3) is 4.85 Å². The monoisotopic (exact) mass is 250 g/mol. The van der Waals surface area contributed by atoms with E-state index in [1.807, 2.05) is 13.8 Å². The molecule has 5 heteroatoms. The first-order valence-electron chi connectivity index (χ1n) is 5.99. The van der Waals surface area contributed by atoms with E-state index in [0.29, 0.717) is 37.8 Å². The molecule has 0 bridgehead atoms. The lowest BCUT2D eigenvalue weighted by atomic mass is 10.4. The van der Waals surface area contributed by atoms with Gasteiger partial charge in [0.05, 0.1) is 13.2 Å². The Bertz CT molecular complexity index is 367. The molecule has 0 aliphatic heterocycles. The Kier molecular flexibility index (Phi) is 6.77. The summed E-state index contributed by atoms with van der Waals surface area (Å²) in [7, 11) is 0. The summed E-state index contributed by atoms with van der Waals surface area (Å²) in [5.41, 5.74) is 0.504. The van der Waals surface area contributed by atoms with Crippen LogP contribution in [0.5, 0.6) is 5.88 Å². The molecule has 0 fully saturated rings. The van der Waals surface area contributed by atoms with Crippen LogP contribution in [0.15, 0.2) is 18.3 Å². The first kappa shape index (κ1) is 14.4. The van der Waals surface area contributed by atoms with Crippen molar-refractivity contribution < 1.29 is 14.2 Å². The van der Waals surface area contributed by atoms with E-state index >= 15 is 0 Å². The van der Waals surface area contributed by atoms with Crippen LogP contribution >= 0.6 is 0 Å². The SMILES string of the molecule is [C-]#[N+]c1ccc(OCCC(OCC)OCC)nc1. The van der Waals surface area contributed by atoms with Crippen molar-refractivity contribution in [3.05, 3.63) is 29.7 Å². The maximum Gasteiger partial charge on any atom is 0.210 e. The number of ether oxygens (including phenoxy) is 3. The highest BCUT2D eigenvalue weighted by molar-refractivity contribution is 5.42. The van der Waals surface area contributed by atoms with Crippen molar-refractivity contribution in [3.8, 4) is 5.88 Å². The zero-order valence-corrected chi connectivity index (χ0v) is 10.8. The van der Waals surface area contributed by atoms with Crippen LogP contribution in [0.3, 0.4) is 0 Å². The number of aromatic nitrogens is 1. The van der Waals surface area contributed by atoms with E-state index in [4.69, 9.17) is 20.8 Å². The normalized spacial score (nSPS) is 10.3. The fourth-order valence-corrected chi connectivity index (χ4v) is 1.37. The highest BCUT2D eigenvalue weighted by Gasteiger charge is 2.08. The molecule has 5 nitrogen and oxygen atoms in total. The van der Waals surface area contributed by atoms with E-state index in [1.165, 1.54) is 6.20 Å². The molecule has 0 radical (unpaired) electrons. The van der Waals surface area contributed by atoms with E-state index in [-0.39, 0.29) is 6.29 Å². The molecule has 0 saturated carbocycles. The van der Waals surface area contributed by atoms with Crippen molar-refractivity contribution in [2.24, 2.45) is 0 Å². The third-order valence-electron chi connectivity index (χ3n) is 2.16. The molecule has 0 atom stereocenters. The first-order chi connectivity index (χ1) is 8.80. The summed E-state index contributed by atoms with van der Waals surface area (Å²) >= 11 is 0. The maximum atomic E-state index is 6.81. The molecule has 1 aromatic rings. The average Bonchev–Trinajstić information content (AvgIpc) is 2.40. The molecule has 0 amide bonds. The third-order valence-corrected chi connectivity index (χ3v) is 2.16. The lowest BCUT2D eigenvalue weighted by molar-refractivity contribution is -0.142. The molecule has 1 aromatic heterocycles. The Morgan fingerprint density at radius 1 is 1.28 bits per heavy atom. The van der Waals surface area contributed by atoms with Crippen LogP contribution < -0.4 is 4.74 Å². The van der Waals surface area contributed by atoms with Crippen molar-refractivity contribution >= 4 is 5.69 Å². The largest absolute Gasteiger partial charge is 0.478 e. The molecule has 0 saturated heterocycles. The molecule has 0 N–H and O–H groups in total. The topological polar surface area (TPSA) is 44.9 Å². The van der Waals surface area contributed by atoms with Crippen molar-refractivity contribution in [2.75, 3.05) is 19.8 Å². The van der Waals surface area contributed by atoms with Gasteiger partial charge in [0, 0.05) is 25.8 Å². The Morgan fingerprint density at radius 2 is 2.00 bits per heavy atom. The number of hydrogen-bond donors (Lipinski definition) is 0. The summed E-state index contributed by atoms with van der Waals surface area (Å²) in [6, 6.07) is 3.36. The predicted octanol–water partition coefficient (Wildman–Crippen LogP) is 2.80. The first-order valence-corrected chi connectivity index (χ1v) is 5.99. The predicted molar refractivity (Wildman–Crippen MR) is 67.7 cm³/mol. The minimum atomic E-state index is -0.234. The van der Waals surface area contributed by atoms with E-state index in [0.717, 1.165) is 0 Å². The highest BCUT2D eigenvalue weighted by atomic mass is 16.7. The summed E-state index contributed by atoms with van der Waals surface area (Å²) < 4.78 is 16.2. The Morgan fingerprint density at radius 3 is 2.50 bits per heavy atom. The summed E-state index contributed by atoms with van der Waals surface area (Å²) in [5.74, 6) is 0.508. The molecular formula is C13H18N2O3. The van der Waals surface area contributed by atoms with Gasteiger partial charge in [0.1, 0.15) is 0 Å². The van der Waals surface area contributed by atoms with Crippen molar-refractivity contribution in [1.29, 1.82) is 0 Å². The van der Waals surface area contributed by atoms with Gasteiger partial charge in [-0.2, -0.15) is 0 Å². The quantitative estimate of drug-likeness (QED) is 0.525. The second-order valence-corrected chi connectivity index (χ2v) is 3.44.